The molecule has 3 N–H and O–H groups in total. The van der Waals surface area contributed by atoms with E-state index < -0.39 is 0 Å². The fraction of sp³-hybridized carbons (Fsp3) is 0.211. The van der Waals surface area contributed by atoms with Crippen molar-refractivity contribution in [1.82, 2.24) is 25.4 Å². The molecule has 2 aliphatic heterocycles. The zero-order valence-corrected chi connectivity index (χ0v) is 13.9. The number of fused-ring (bicyclic) bond motifs is 2. The number of pyridine rings is 1. The number of hydrogen-bond acceptors (Lipinski definition) is 5. The molecule has 0 spiro atoms. The van der Waals surface area contributed by atoms with Gasteiger partial charge in [0.1, 0.15) is 5.75 Å². The van der Waals surface area contributed by atoms with E-state index in [0.717, 1.165) is 24.0 Å². The largest absolute Gasteiger partial charge is 0.508 e. The van der Waals surface area contributed by atoms with Crippen LogP contribution >= 0.6 is 0 Å². The number of carbonyl (C=O) groups excluding carboxylic acids is 1. The van der Waals surface area contributed by atoms with Gasteiger partial charge in [0.25, 0.3) is 5.91 Å². The van der Waals surface area contributed by atoms with Crippen LogP contribution < -0.4 is 5.32 Å². The van der Waals surface area contributed by atoms with Gasteiger partial charge in [0.05, 0.1) is 22.8 Å². The van der Waals surface area contributed by atoms with Gasteiger partial charge >= 0.3 is 0 Å². The lowest BCUT2D eigenvalue weighted by Gasteiger charge is -2.17. The summed E-state index contributed by atoms with van der Waals surface area (Å²) in [5, 5.41) is 20.4. The van der Waals surface area contributed by atoms with Crippen LogP contribution in [0, 0.1) is 5.92 Å². The molecule has 4 heterocycles. The zero-order valence-electron chi connectivity index (χ0n) is 13.9. The summed E-state index contributed by atoms with van der Waals surface area (Å²) in [5.74, 6) is 0.601. The Kier molecular flexibility index (Phi) is 3.21. The van der Waals surface area contributed by atoms with Crippen LogP contribution in [0.4, 0.5) is 0 Å². The van der Waals surface area contributed by atoms with E-state index in [4.69, 9.17) is 0 Å². The van der Waals surface area contributed by atoms with Gasteiger partial charge < -0.3 is 15.3 Å². The van der Waals surface area contributed by atoms with Crippen LogP contribution in [0.2, 0.25) is 0 Å². The number of carbonyl (C=O) groups is 1. The Morgan fingerprint density at radius 2 is 2.12 bits per heavy atom. The third kappa shape index (κ3) is 2.32. The summed E-state index contributed by atoms with van der Waals surface area (Å²) in [5.41, 5.74) is 3.97. The summed E-state index contributed by atoms with van der Waals surface area (Å²) < 4.78 is 0. The van der Waals surface area contributed by atoms with Crippen molar-refractivity contribution in [2.24, 2.45) is 5.92 Å². The number of H-pyrrole nitrogens is 1. The molecule has 1 amide bonds. The summed E-state index contributed by atoms with van der Waals surface area (Å²) in [4.78, 5) is 19.7. The molecule has 1 saturated heterocycles. The number of phenols is 1. The van der Waals surface area contributed by atoms with Gasteiger partial charge in [0.15, 0.2) is 5.65 Å². The minimum atomic E-state index is -0.00544. The van der Waals surface area contributed by atoms with Crippen LogP contribution in [-0.2, 0) is 0 Å². The number of aromatic nitrogens is 3. The highest BCUT2D eigenvalue weighted by molar-refractivity contribution is 6.06. The van der Waals surface area contributed by atoms with E-state index in [9.17, 15) is 9.90 Å². The monoisotopic (exact) mass is 347 g/mol. The summed E-state index contributed by atoms with van der Waals surface area (Å²) in [6.45, 7) is 2.29. The van der Waals surface area contributed by atoms with Crippen molar-refractivity contribution in [3.8, 4) is 17.0 Å². The van der Waals surface area contributed by atoms with E-state index >= 15 is 0 Å². The zero-order chi connectivity index (χ0) is 17.7. The van der Waals surface area contributed by atoms with Crippen molar-refractivity contribution < 1.29 is 9.90 Å². The Hall–Kier alpha value is -3.35. The van der Waals surface area contributed by atoms with Crippen molar-refractivity contribution in [2.75, 3.05) is 19.6 Å². The number of hydrogen-bond donors (Lipinski definition) is 3. The van der Waals surface area contributed by atoms with E-state index in [2.05, 4.69) is 20.5 Å². The number of aromatic hydroxyl groups is 1. The van der Waals surface area contributed by atoms with E-state index in [0.29, 0.717) is 29.4 Å². The lowest BCUT2D eigenvalue weighted by atomic mass is 10.1. The highest BCUT2D eigenvalue weighted by atomic mass is 16.3. The number of nitrogens with zero attached hydrogens (tertiary/aromatic N) is 3. The van der Waals surface area contributed by atoms with Gasteiger partial charge in [-0.3, -0.25) is 9.89 Å². The first-order valence-corrected chi connectivity index (χ1v) is 8.54. The average molecular weight is 347 g/mol. The second-order valence-corrected chi connectivity index (χ2v) is 6.74. The van der Waals surface area contributed by atoms with Gasteiger partial charge in [-0.1, -0.05) is 0 Å². The minimum absolute atomic E-state index is 0.00544. The van der Waals surface area contributed by atoms with Gasteiger partial charge in [0, 0.05) is 31.1 Å². The van der Waals surface area contributed by atoms with Gasteiger partial charge in [-0.2, -0.15) is 5.10 Å². The SMILES string of the molecule is O=C(c1cc(-c2ccc(O)cc2)nc2[nH]ncc12)N1CC2=CNCC2C1. The molecule has 1 fully saturated rings. The predicted molar refractivity (Wildman–Crippen MR) is 96.5 cm³/mol. The summed E-state index contributed by atoms with van der Waals surface area (Å²) in [6.07, 6.45) is 3.67. The Morgan fingerprint density at radius 1 is 1.27 bits per heavy atom. The van der Waals surface area contributed by atoms with Gasteiger partial charge in [-0.05, 0) is 42.1 Å². The summed E-state index contributed by atoms with van der Waals surface area (Å²) in [6, 6.07) is 8.59. The molecule has 1 atom stereocenters. The number of nitrogens with one attached hydrogen (secondary N) is 2. The molecule has 5 rings (SSSR count). The molecule has 0 saturated carbocycles. The molecule has 3 aromatic rings. The molecule has 26 heavy (non-hydrogen) atoms. The van der Waals surface area contributed by atoms with Crippen molar-refractivity contribution in [1.29, 1.82) is 0 Å². The second-order valence-electron chi connectivity index (χ2n) is 6.74. The second kappa shape index (κ2) is 5.59. The summed E-state index contributed by atoms with van der Waals surface area (Å²) >= 11 is 0. The Balaban J connectivity index is 1.57. The molecule has 0 radical (unpaired) electrons. The molecule has 2 aliphatic rings. The van der Waals surface area contributed by atoms with Crippen LogP contribution in [0.1, 0.15) is 10.4 Å². The Labute approximate surface area is 149 Å². The van der Waals surface area contributed by atoms with Crippen LogP contribution in [0.5, 0.6) is 5.75 Å². The smallest absolute Gasteiger partial charge is 0.255 e. The lowest BCUT2D eigenvalue weighted by Crippen LogP contribution is -2.30. The van der Waals surface area contributed by atoms with Crippen molar-refractivity contribution in [3.63, 3.8) is 0 Å². The number of aromatic amines is 1. The number of amides is 1. The van der Waals surface area contributed by atoms with E-state index in [1.54, 1.807) is 30.5 Å². The predicted octanol–water partition coefficient (Wildman–Crippen LogP) is 1.89. The molecule has 1 unspecified atom stereocenters. The summed E-state index contributed by atoms with van der Waals surface area (Å²) in [7, 11) is 0. The van der Waals surface area contributed by atoms with Gasteiger partial charge in [-0.15, -0.1) is 0 Å². The number of rotatable bonds is 2. The molecule has 130 valence electrons. The molecule has 0 aliphatic carbocycles. The van der Waals surface area contributed by atoms with E-state index in [1.165, 1.54) is 5.57 Å². The minimum Gasteiger partial charge on any atom is -0.508 e. The molecule has 0 bridgehead atoms. The van der Waals surface area contributed by atoms with Crippen molar-refractivity contribution in [3.05, 3.63) is 53.9 Å². The topological polar surface area (TPSA) is 94.1 Å². The molecule has 7 nitrogen and oxygen atoms in total. The Morgan fingerprint density at radius 3 is 2.92 bits per heavy atom. The van der Waals surface area contributed by atoms with E-state index in [-0.39, 0.29) is 11.7 Å². The first-order chi connectivity index (χ1) is 12.7. The van der Waals surface area contributed by atoms with Crippen molar-refractivity contribution in [2.45, 2.75) is 0 Å². The maximum absolute atomic E-state index is 13.2. The number of benzene rings is 1. The molecule has 1 aromatic carbocycles. The third-order valence-electron chi connectivity index (χ3n) is 5.09. The van der Waals surface area contributed by atoms with Crippen LogP contribution in [0.3, 0.4) is 0 Å². The standard InChI is InChI=1S/C19H17N5O2/c25-14-3-1-11(2-4-14)17-5-15(16-8-21-23-18(16)22-17)19(26)24-9-12-6-20-7-13(12)10-24/h1-6,8,13,20,25H,7,9-10H2,(H,21,22,23). The fourth-order valence-corrected chi connectivity index (χ4v) is 3.70. The third-order valence-corrected chi connectivity index (χ3v) is 5.09. The van der Waals surface area contributed by atoms with Crippen LogP contribution in [-0.4, -0.2) is 50.7 Å². The maximum atomic E-state index is 13.2. The molecule has 7 heteroatoms. The first-order valence-electron chi connectivity index (χ1n) is 8.54. The molecular formula is C19H17N5O2. The maximum Gasteiger partial charge on any atom is 0.255 e. The van der Waals surface area contributed by atoms with Crippen molar-refractivity contribution >= 4 is 16.9 Å². The molecular weight excluding hydrogens is 330 g/mol. The van der Waals surface area contributed by atoms with Crippen LogP contribution in [0.25, 0.3) is 22.3 Å². The lowest BCUT2D eigenvalue weighted by molar-refractivity contribution is 0.0790. The Bertz CT molecular complexity index is 1040. The fourth-order valence-electron chi connectivity index (χ4n) is 3.70. The van der Waals surface area contributed by atoms with E-state index in [1.807, 2.05) is 17.2 Å². The number of likely N-dealkylation sites (tertiary alicyclic amines) is 1. The van der Waals surface area contributed by atoms with Gasteiger partial charge in [-0.25, -0.2) is 4.98 Å². The number of phenolic OH excluding ortho intramolecular Hbond substituents is 1. The first kappa shape index (κ1) is 14.9. The molecule has 2 aromatic heterocycles. The quantitative estimate of drug-likeness (QED) is 0.658. The normalized spacial score (nSPS) is 18.7. The highest BCUT2D eigenvalue weighted by Gasteiger charge is 2.34. The van der Waals surface area contributed by atoms with Crippen LogP contribution in [0.15, 0.2) is 48.3 Å². The highest BCUT2D eigenvalue weighted by Crippen LogP contribution is 2.30. The average Bonchev–Trinajstić information content (AvgIpc) is 3.36. The van der Waals surface area contributed by atoms with Gasteiger partial charge in [0.2, 0.25) is 0 Å².